The summed E-state index contributed by atoms with van der Waals surface area (Å²) in [6.07, 6.45) is 4.21. The molecule has 6 amide bonds. The molecule has 1 aliphatic rings. The lowest BCUT2D eigenvalue weighted by Crippen LogP contribution is -2.54. The second-order valence-electron chi connectivity index (χ2n) is 10.2. The van der Waals surface area contributed by atoms with E-state index in [0.717, 1.165) is 0 Å². The monoisotopic (exact) mass is 611 g/mol. The molecule has 3 atom stereocenters. The van der Waals surface area contributed by atoms with Crippen molar-refractivity contribution in [2.75, 3.05) is 39.3 Å². The molecule has 0 unspecified atom stereocenters. The van der Waals surface area contributed by atoms with Gasteiger partial charge in [-0.05, 0) is 70.9 Å². The van der Waals surface area contributed by atoms with Crippen molar-refractivity contribution in [1.82, 2.24) is 31.9 Å². The van der Waals surface area contributed by atoms with Gasteiger partial charge in [-0.2, -0.15) is 0 Å². The van der Waals surface area contributed by atoms with Crippen molar-refractivity contribution >= 4 is 41.4 Å². The summed E-state index contributed by atoms with van der Waals surface area (Å²) in [5.74, 6) is -3.40. The van der Waals surface area contributed by atoms with Crippen LogP contribution in [-0.2, 0) is 28.8 Å². The summed E-state index contributed by atoms with van der Waals surface area (Å²) in [6, 6.07) is -2.71. The average Bonchev–Trinajstić information content (AvgIpc) is 2.96. The van der Waals surface area contributed by atoms with Gasteiger partial charge >= 0.3 is 0 Å². The number of nitrogens with zero attached hydrogens (tertiary/aromatic N) is 1. The molecule has 0 aromatic heterocycles. The van der Waals surface area contributed by atoms with Crippen LogP contribution in [0.2, 0.25) is 0 Å². The van der Waals surface area contributed by atoms with Gasteiger partial charge in [-0.25, -0.2) is 4.99 Å². The Bertz CT molecular complexity index is 958. The van der Waals surface area contributed by atoms with E-state index < -0.39 is 54.2 Å². The minimum atomic E-state index is -0.956. The summed E-state index contributed by atoms with van der Waals surface area (Å²) in [5.41, 5.74) is 22.1. The van der Waals surface area contributed by atoms with Crippen LogP contribution < -0.4 is 54.8 Å². The lowest BCUT2D eigenvalue weighted by atomic mass is 10.0. The second-order valence-corrected chi connectivity index (χ2v) is 10.2. The number of carbonyl (C=O) groups is 6. The Morgan fingerprint density at radius 3 is 1.88 bits per heavy atom. The maximum Gasteiger partial charge on any atom is 0.245 e. The average molecular weight is 612 g/mol. The van der Waals surface area contributed by atoms with Crippen molar-refractivity contribution in [2.24, 2.45) is 27.9 Å². The molecule has 1 fully saturated rings. The van der Waals surface area contributed by atoms with Crippen LogP contribution in [0.15, 0.2) is 4.99 Å². The number of guanidine groups is 1. The fourth-order valence-electron chi connectivity index (χ4n) is 4.20. The van der Waals surface area contributed by atoms with Gasteiger partial charge in [0.25, 0.3) is 0 Å². The maximum absolute atomic E-state index is 13.2. The molecular formula is C26H49N11O6. The van der Waals surface area contributed by atoms with Crippen LogP contribution in [0, 0.1) is 0 Å². The molecule has 17 heteroatoms. The Hall–Kier alpha value is -3.99. The number of amides is 6. The molecule has 1 rings (SSSR count). The topological polar surface area (TPSA) is 291 Å². The molecule has 0 bridgehead atoms. The standard InChI is InChI=1S/C26H49N11O6/c27-11-4-1-7-17-23(41)32-13-6-3-9-18(37-26(29)30)24(42)34-16-22(40)33-15-21(39)31-14-10-20(38)35-19(25(43)36-17)8-2-5-12-28/h17-19H,1-16,27-28H2,(H,31,39)(H,32,41)(H,33,40)(H,34,42)(H,35,38)(H,36,43)(H4,29,30,37)/t17-,18-,19-/m0/s1. The minimum Gasteiger partial charge on any atom is -0.370 e. The van der Waals surface area contributed by atoms with Crippen LogP contribution >= 0.6 is 0 Å². The van der Waals surface area contributed by atoms with E-state index >= 15 is 0 Å². The van der Waals surface area contributed by atoms with Gasteiger partial charge in [0.05, 0.1) is 13.1 Å². The summed E-state index contributed by atoms with van der Waals surface area (Å²) >= 11 is 0. The quantitative estimate of drug-likeness (QED) is 0.0682. The van der Waals surface area contributed by atoms with Crippen molar-refractivity contribution in [2.45, 2.75) is 82.3 Å². The molecule has 0 saturated carbocycles. The van der Waals surface area contributed by atoms with E-state index in [1.807, 2.05) is 0 Å². The van der Waals surface area contributed by atoms with E-state index in [1.165, 1.54) is 0 Å². The summed E-state index contributed by atoms with van der Waals surface area (Å²) in [4.78, 5) is 79.6. The van der Waals surface area contributed by atoms with E-state index in [-0.39, 0.29) is 44.3 Å². The van der Waals surface area contributed by atoms with Gasteiger partial charge in [0.1, 0.15) is 18.1 Å². The van der Waals surface area contributed by atoms with E-state index in [9.17, 15) is 28.8 Å². The first-order valence-electron chi connectivity index (χ1n) is 14.7. The largest absolute Gasteiger partial charge is 0.370 e. The first kappa shape index (κ1) is 37.0. The van der Waals surface area contributed by atoms with Crippen LogP contribution in [0.4, 0.5) is 0 Å². The molecule has 0 radical (unpaired) electrons. The fraction of sp³-hybridized carbons (Fsp3) is 0.731. The van der Waals surface area contributed by atoms with Gasteiger partial charge in [0.2, 0.25) is 35.4 Å². The van der Waals surface area contributed by atoms with Crippen LogP contribution in [0.1, 0.15) is 64.2 Å². The molecule has 244 valence electrons. The number of hydrogen-bond acceptors (Lipinski definition) is 9. The van der Waals surface area contributed by atoms with Crippen molar-refractivity contribution in [3.63, 3.8) is 0 Å². The minimum absolute atomic E-state index is 0.0429. The molecule has 1 heterocycles. The predicted octanol–water partition coefficient (Wildman–Crippen LogP) is -4.11. The third kappa shape index (κ3) is 16.9. The molecule has 1 saturated heterocycles. The van der Waals surface area contributed by atoms with E-state index in [4.69, 9.17) is 22.9 Å². The Morgan fingerprint density at radius 2 is 1.26 bits per heavy atom. The highest BCUT2D eigenvalue weighted by molar-refractivity contribution is 5.93. The lowest BCUT2D eigenvalue weighted by molar-refractivity contribution is -0.132. The van der Waals surface area contributed by atoms with Gasteiger partial charge in [0.15, 0.2) is 5.96 Å². The first-order chi connectivity index (χ1) is 20.6. The summed E-state index contributed by atoms with van der Waals surface area (Å²) in [6.45, 7) is 0.303. The maximum atomic E-state index is 13.2. The van der Waals surface area contributed by atoms with Gasteiger partial charge in [0, 0.05) is 19.5 Å². The highest BCUT2D eigenvalue weighted by Gasteiger charge is 2.26. The van der Waals surface area contributed by atoms with Crippen LogP contribution in [0.3, 0.4) is 0 Å². The smallest absolute Gasteiger partial charge is 0.245 e. The van der Waals surface area contributed by atoms with Crippen LogP contribution in [-0.4, -0.2) is 98.8 Å². The van der Waals surface area contributed by atoms with Crippen molar-refractivity contribution < 1.29 is 28.8 Å². The summed E-state index contributed by atoms with van der Waals surface area (Å²) in [7, 11) is 0. The molecule has 17 nitrogen and oxygen atoms in total. The van der Waals surface area contributed by atoms with Gasteiger partial charge in [-0.3, -0.25) is 28.8 Å². The normalized spacial score (nSPS) is 22.6. The zero-order chi connectivity index (χ0) is 32.0. The Labute approximate surface area is 251 Å². The molecule has 0 aliphatic carbocycles. The SMILES string of the molecule is NCCCC[C@@H]1NC(=O)CCNC(=O)CNC(=O)CNC(=O)[C@@H](N=C(N)N)CCCCNC(=O)[C@H](CCCCN)NC1=O. The number of nitrogens with one attached hydrogen (secondary N) is 6. The zero-order valence-corrected chi connectivity index (χ0v) is 24.8. The summed E-state index contributed by atoms with van der Waals surface area (Å²) < 4.78 is 0. The number of nitrogens with two attached hydrogens (primary N) is 4. The van der Waals surface area contributed by atoms with Gasteiger partial charge in [-0.15, -0.1) is 0 Å². The number of hydrogen-bond donors (Lipinski definition) is 10. The number of rotatable bonds is 9. The lowest BCUT2D eigenvalue weighted by Gasteiger charge is -2.23. The van der Waals surface area contributed by atoms with Crippen molar-refractivity contribution in [3.8, 4) is 0 Å². The van der Waals surface area contributed by atoms with E-state index in [2.05, 4.69) is 36.9 Å². The third-order valence-electron chi connectivity index (χ3n) is 6.53. The second kappa shape index (κ2) is 21.7. The number of unbranched alkanes of at least 4 members (excludes halogenated alkanes) is 2. The van der Waals surface area contributed by atoms with Gasteiger partial charge in [-0.1, -0.05) is 0 Å². The zero-order valence-electron chi connectivity index (χ0n) is 24.8. The van der Waals surface area contributed by atoms with Crippen molar-refractivity contribution in [1.29, 1.82) is 0 Å². The molecule has 1 aliphatic heterocycles. The molecule has 14 N–H and O–H groups in total. The predicted molar refractivity (Wildman–Crippen MR) is 160 cm³/mol. The van der Waals surface area contributed by atoms with E-state index in [1.54, 1.807) is 0 Å². The van der Waals surface area contributed by atoms with Crippen LogP contribution in [0.5, 0.6) is 0 Å². The molecule has 0 aromatic carbocycles. The van der Waals surface area contributed by atoms with E-state index in [0.29, 0.717) is 64.5 Å². The summed E-state index contributed by atoms with van der Waals surface area (Å²) in [5, 5.41) is 15.6. The molecule has 0 spiro atoms. The first-order valence-corrected chi connectivity index (χ1v) is 14.7. The molecular weight excluding hydrogens is 562 g/mol. The Balaban J connectivity index is 3.06. The molecule has 43 heavy (non-hydrogen) atoms. The molecule has 0 aromatic rings. The van der Waals surface area contributed by atoms with Crippen LogP contribution in [0.25, 0.3) is 0 Å². The number of aliphatic imine (C=N–C) groups is 1. The number of carbonyl (C=O) groups excluding carboxylic acids is 6. The Morgan fingerprint density at radius 1 is 0.651 bits per heavy atom. The highest BCUT2D eigenvalue weighted by atomic mass is 16.2. The third-order valence-corrected chi connectivity index (χ3v) is 6.53. The highest BCUT2D eigenvalue weighted by Crippen LogP contribution is 2.08. The van der Waals surface area contributed by atoms with Crippen molar-refractivity contribution in [3.05, 3.63) is 0 Å². The fourth-order valence-corrected chi connectivity index (χ4v) is 4.20. The Kier molecular flexibility index (Phi) is 18.7. The van der Waals surface area contributed by atoms with Gasteiger partial charge < -0.3 is 54.8 Å².